The van der Waals surface area contributed by atoms with Gasteiger partial charge in [-0.15, -0.1) is 0 Å². The van der Waals surface area contributed by atoms with Gasteiger partial charge in [0.05, 0.1) is 16.8 Å². The first-order chi connectivity index (χ1) is 37.5. The van der Waals surface area contributed by atoms with Crippen LogP contribution < -0.4 is 9.80 Å². The third-order valence-electron chi connectivity index (χ3n) is 15.3. The van der Waals surface area contributed by atoms with E-state index in [0.29, 0.717) is 22.9 Å². The summed E-state index contributed by atoms with van der Waals surface area (Å²) < 4.78 is 14.9. The molecule has 2 aromatic heterocycles. The molecule has 6 nitrogen and oxygen atoms in total. The van der Waals surface area contributed by atoms with Crippen molar-refractivity contribution in [3.8, 4) is 34.0 Å². The average Bonchev–Trinajstić information content (AvgIpc) is 4.29. The second-order valence-electron chi connectivity index (χ2n) is 22.2. The van der Waals surface area contributed by atoms with Crippen LogP contribution in [0.25, 0.3) is 56.2 Å². The molecule has 0 fully saturated rings. The van der Waals surface area contributed by atoms with Crippen molar-refractivity contribution in [1.82, 2.24) is 9.97 Å². The van der Waals surface area contributed by atoms with Gasteiger partial charge in [-0.05, 0) is 129 Å². The second-order valence-corrected chi connectivity index (χ2v) is 22.2. The highest BCUT2D eigenvalue weighted by Gasteiger charge is 2.51. The summed E-state index contributed by atoms with van der Waals surface area (Å²) in [5.74, 6) is 1.04. The van der Waals surface area contributed by atoms with Crippen LogP contribution in [0.1, 0.15) is 74.9 Å². The Hall–Kier alpha value is -9.26. The van der Waals surface area contributed by atoms with Gasteiger partial charge < -0.3 is 18.6 Å². The zero-order valence-electron chi connectivity index (χ0n) is 44.2. The molecule has 6 heteroatoms. The Labute approximate surface area is 450 Å². The quantitative estimate of drug-likeness (QED) is 0.136. The summed E-state index contributed by atoms with van der Waals surface area (Å²) >= 11 is 0. The van der Waals surface area contributed by atoms with E-state index < -0.39 is 5.41 Å². The highest BCUT2D eigenvalue weighted by Crippen LogP contribution is 2.63. The van der Waals surface area contributed by atoms with E-state index >= 15 is 0 Å². The first kappa shape index (κ1) is 47.5. The molecule has 1 aliphatic rings. The summed E-state index contributed by atoms with van der Waals surface area (Å²) in [6, 6.07) is 86.3. The molecule has 0 aliphatic heterocycles. The number of fused-ring (bicyclic) bond motifs is 7. The molecule has 2 heterocycles. The summed E-state index contributed by atoms with van der Waals surface area (Å²) in [5.41, 5.74) is 17.8. The monoisotopic (exact) mass is 998 g/mol. The number of hydrogen-bond acceptors (Lipinski definition) is 6. The molecule has 0 saturated carbocycles. The fraction of sp³-hybridized carbons (Fsp3) is 0.127. The van der Waals surface area contributed by atoms with Crippen LogP contribution in [0.4, 0.5) is 34.1 Å². The minimum Gasteiger partial charge on any atom is -0.435 e. The number of aromatic nitrogens is 2. The lowest BCUT2D eigenvalue weighted by Gasteiger charge is -2.35. The molecule has 0 atom stereocenters. The van der Waals surface area contributed by atoms with Crippen molar-refractivity contribution in [2.45, 2.75) is 57.8 Å². The molecule has 0 amide bonds. The van der Waals surface area contributed by atoms with Crippen molar-refractivity contribution < 1.29 is 8.83 Å². The molecule has 1 aliphatic carbocycles. The van der Waals surface area contributed by atoms with Gasteiger partial charge in [0.15, 0.2) is 11.2 Å². The number of nitrogens with zero attached hydrogens (tertiary/aromatic N) is 4. The number of hydrogen-bond donors (Lipinski definition) is 0. The molecule has 0 bridgehead atoms. The average molecular weight is 999 g/mol. The maximum Gasteiger partial charge on any atom is 0.227 e. The predicted octanol–water partition coefficient (Wildman–Crippen LogP) is 19.2. The van der Waals surface area contributed by atoms with Crippen LogP contribution >= 0.6 is 0 Å². The Kier molecular flexibility index (Phi) is 11.4. The molecule has 0 radical (unpaired) electrons. The number of benzene rings is 10. The van der Waals surface area contributed by atoms with Crippen molar-refractivity contribution in [3.63, 3.8) is 0 Å². The Morgan fingerprint density at radius 1 is 0.351 bits per heavy atom. The molecule has 0 saturated heterocycles. The van der Waals surface area contributed by atoms with Gasteiger partial charge in [-0.2, -0.15) is 0 Å². The van der Waals surface area contributed by atoms with E-state index in [1.54, 1.807) is 0 Å². The molecular weight excluding hydrogens is 941 g/mol. The topological polar surface area (TPSA) is 58.5 Å². The van der Waals surface area contributed by atoms with Gasteiger partial charge >= 0.3 is 0 Å². The molecule has 0 unspecified atom stereocenters. The van der Waals surface area contributed by atoms with Gasteiger partial charge in [0.25, 0.3) is 0 Å². The fourth-order valence-corrected chi connectivity index (χ4v) is 11.5. The van der Waals surface area contributed by atoms with Crippen LogP contribution in [-0.4, -0.2) is 9.97 Å². The number of rotatable bonds is 10. The van der Waals surface area contributed by atoms with E-state index in [2.05, 4.69) is 258 Å². The zero-order valence-corrected chi connectivity index (χ0v) is 44.2. The fourth-order valence-electron chi connectivity index (χ4n) is 11.5. The summed E-state index contributed by atoms with van der Waals surface area (Å²) in [7, 11) is 0. The van der Waals surface area contributed by atoms with E-state index in [-0.39, 0.29) is 10.8 Å². The van der Waals surface area contributed by atoms with Crippen LogP contribution in [0.2, 0.25) is 0 Å². The van der Waals surface area contributed by atoms with Gasteiger partial charge in [0.2, 0.25) is 11.8 Å². The Bertz CT molecular complexity index is 3800. The van der Waals surface area contributed by atoms with Crippen LogP contribution in [-0.2, 0) is 16.2 Å². The SMILES string of the molecule is CC(C)(C)c1ccc(N(c2ccccc2)c2cc3c(c4oc(-c5ccccc5)nc24)-c2c(cc(N(c4ccccc4)c4ccc(C(C)(C)C)cc4)c4nc(-c5ccccc5)oc24)C3(c2ccccc2)c2ccccc2)cc1. The number of para-hydroxylation sites is 2. The van der Waals surface area contributed by atoms with Gasteiger partial charge in [0.1, 0.15) is 11.0 Å². The minimum absolute atomic E-state index is 0.0400. The Balaban J connectivity index is 1.22. The predicted molar refractivity (Wildman–Crippen MR) is 317 cm³/mol. The van der Waals surface area contributed by atoms with Gasteiger partial charge in [0, 0.05) is 45.0 Å². The summed E-state index contributed by atoms with van der Waals surface area (Å²) in [6.45, 7) is 13.5. The highest BCUT2D eigenvalue weighted by atomic mass is 16.4. The van der Waals surface area contributed by atoms with Crippen molar-refractivity contribution in [3.05, 3.63) is 276 Å². The third-order valence-corrected chi connectivity index (χ3v) is 15.3. The van der Waals surface area contributed by atoms with Gasteiger partial charge in [-0.1, -0.05) is 199 Å². The smallest absolute Gasteiger partial charge is 0.227 e. The minimum atomic E-state index is -0.949. The molecule has 374 valence electrons. The van der Waals surface area contributed by atoms with Crippen molar-refractivity contribution in [2.24, 2.45) is 0 Å². The first-order valence-electron chi connectivity index (χ1n) is 26.6. The first-order valence-corrected chi connectivity index (χ1v) is 26.6. The molecular formula is C71H58N4O2. The maximum atomic E-state index is 7.43. The lowest BCUT2D eigenvalue weighted by Crippen LogP contribution is -2.29. The van der Waals surface area contributed by atoms with E-state index in [9.17, 15) is 0 Å². The summed E-state index contributed by atoms with van der Waals surface area (Å²) in [4.78, 5) is 15.8. The third kappa shape index (κ3) is 8.02. The number of oxazole rings is 2. The molecule has 0 spiro atoms. The van der Waals surface area contributed by atoms with Gasteiger partial charge in [-0.3, -0.25) is 0 Å². The second kappa shape index (κ2) is 18.5. The van der Waals surface area contributed by atoms with Gasteiger partial charge in [-0.25, -0.2) is 9.97 Å². The standard InChI is InChI=1S/C71H58N4O2/c1-69(2,3)49-37-41-55(42-38-49)74(53-33-21-11-22-34-53)59-45-57-61(65-63(59)72-67(76-65)47-25-13-7-14-26-47)62-58(71(57,51-29-17-9-18-30-51)52-31-19-10-20-32-52)46-60(64-66(62)77-68(73-64)48-27-15-8-16-28-48)75(54-35-23-12-24-36-54)56-43-39-50(40-44-56)70(4,5)6/h7-46H,1-6H3. The van der Waals surface area contributed by atoms with Crippen LogP contribution in [0.3, 0.4) is 0 Å². The molecule has 13 rings (SSSR count). The lowest BCUT2D eigenvalue weighted by atomic mass is 9.67. The Morgan fingerprint density at radius 2 is 0.649 bits per heavy atom. The van der Waals surface area contributed by atoms with E-state index in [0.717, 1.165) is 89.7 Å². The number of anilines is 6. The normalized spacial score (nSPS) is 12.9. The molecule has 12 aromatic rings. The van der Waals surface area contributed by atoms with Crippen LogP contribution in [0.5, 0.6) is 0 Å². The summed E-state index contributed by atoms with van der Waals surface area (Å²) in [5, 5.41) is 0. The molecule has 0 N–H and O–H groups in total. The van der Waals surface area contributed by atoms with Crippen molar-refractivity contribution in [1.29, 1.82) is 0 Å². The highest BCUT2D eigenvalue weighted by molar-refractivity contribution is 6.15. The van der Waals surface area contributed by atoms with E-state index in [1.807, 2.05) is 36.4 Å². The van der Waals surface area contributed by atoms with E-state index in [4.69, 9.17) is 18.8 Å². The maximum absolute atomic E-state index is 7.43. The largest absolute Gasteiger partial charge is 0.435 e. The van der Waals surface area contributed by atoms with Crippen LogP contribution in [0, 0.1) is 0 Å². The zero-order chi connectivity index (χ0) is 52.5. The Morgan fingerprint density at radius 3 is 0.974 bits per heavy atom. The van der Waals surface area contributed by atoms with Crippen molar-refractivity contribution in [2.75, 3.05) is 9.80 Å². The van der Waals surface area contributed by atoms with Crippen LogP contribution in [0.15, 0.2) is 251 Å². The summed E-state index contributed by atoms with van der Waals surface area (Å²) in [6.07, 6.45) is 0. The van der Waals surface area contributed by atoms with E-state index in [1.165, 1.54) is 11.1 Å². The molecule has 77 heavy (non-hydrogen) atoms. The van der Waals surface area contributed by atoms with Crippen molar-refractivity contribution >= 4 is 56.3 Å². The molecule has 10 aromatic carbocycles. The lowest BCUT2D eigenvalue weighted by molar-refractivity contribution is 0.590.